The Labute approximate surface area is 178 Å². The number of aryl methyl sites for hydroxylation is 2. The number of amides is 1. The second-order valence-electron chi connectivity index (χ2n) is 7.67. The van der Waals surface area contributed by atoms with Crippen molar-refractivity contribution in [3.05, 3.63) is 70.5 Å². The largest absolute Gasteiger partial charge is 0.503 e. The van der Waals surface area contributed by atoms with Crippen molar-refractivity contribution in [3.8, 4) is 0 Å². The third-order valence-electron chi connectivity index (χ3n) is 5.79. The van der Waals surface area contributed by atoms with Crippen LogP contribution in [0.1, 0.15) is 49.9 Å². The fraction of sp³-hybridized carbons (Fsp3) is 0.360. The lowest BCUT2D eigenvalue weighted by Gasteiger charge is -2.29. The smallest absolute Gasteiger partial charge is 0.294 e. The predicted octanol–water partition coefficient (Wildman–Crippen LogP) is 5.03. The molecule has 1 heterocycles. The van der Waals surface area contributed by atoms with Gasteiger partial charge in [-0.05, 0) is 62.6 Å². The van der Waals surface area contributed by atoms with E-state index in [2.05, 4.69) is 18.7 Å². The average molecular weight is 407 g/mol. The van der Waals surface area contributed by atoms with Gasteiger partial charge in [0.15, 0.2) is 11.5 Å². The van der Waals surface area contributed by atoms with E-state index in [1.165, 1.54) is 0 Å². The number of hydrogen-bond donors (Lipinski definition) is 1. The number of anilines is 2. The molecule has 5 heteroatoms. The molecule has 0 aromatic heterocycles. The van der Waals surface area contributed by atoms with Gasteiger partial charge in [0.2, 0.25) is 0 Å². The van der Waals surface area contributed by atoms with Crippen LogP contribution < -0.4 is 9.80 Å². The molecule has 1 atom stereocenters. The van der Waals surface area contributed by atoms with Gasteiger partial charge in [0.1, 0.15) is 0 Å². The van der Waals surface area contributed by atoms with Crippen LogP contribution in [0.3, 0.4) is 0 Å². The van der Waals surface area contributed by atoms with Crippen molar-refractivity contribution in [2.24, 2.45) is 0 Å². The highest BCUT2D eigenvalue weighted by Gasteiger charge is 2.44. The van der Waals surface area contributed by atoms with E-state index < -0.39 is 17.7 Å². The zero-order valence-electron chi connectivity index (χ0n) is 18.4. The Morgan fingerprint density at radius 1 is 1.03 bits per heavy atom. The molecule has 0 bridgehead atoms. The lowest BCUT2D eigenvalue weighted by Crippen LogP contribution is -2.31. The van der Waals surface area contributed by atoms with E-state index in [9.17, 15) is 14.7 Å². The maximum absolute atomic E-state index is 13.1. The minimum Gasteiger partial charge on any atom is -0.503 e. The first-order valence-corrected chi connectivity index (χ1v) is 10.6. The van der Waals surface area contributed by atoms with Crippen LogP contribution in [-0.4, -0.2) is 29.9 Å². The summed E-state index contributed by atoms with van der Waals surface area (Å²) in [5.41, 5.74) is 4.71. The summed E-state index contributed by atoms with van der Waals surface area (Å²) in [5, 5.41) is 10.7. The van der Waals surface area contributed by atoms with Crippen LogP contribution in [0.25, 0.3) is 0 Å². The second kappa shape index (κ2) is 8.74. The number of aliphatic hydroxyl groups excluding tert-OH is 1. The Morgan fingerprint density at radius 3 is 2.23 bits per heavy atom. The molecule has 1 aliphatic heterocycles. The normalized spacial score (nSPS) is 16.4. The Hall–Kier alpha value is -3.08. The van der Waals surface area contributed by atoms with E-state index >= 15 is 0 Å². The third kappa shape index (κ3) is 3.72. The topological polar surface area (TPSA) is 60.9 Å². The highest BCUT2D eigenvalue weighted by molar-refractivity contribution is 6.16. The minimum atomic E-state index is -0.642. The Bertz CT molecular complexity index is 988. The van der Waals surface area contributed by atoms with E-state index in [1.54, 1.807) is 11.8 Å². The first-order chi connectivity index (χ1) is 14.3. The molecule has 3 rings (SSSR count). The molecule has 0 saturated heterocycles. The summed E-state index contributed by atoms with van der Waals surface area (Å²) >= 11 is 0. The van der Waals surface area contributed by atoms with Crippen molar-refractivity contribution in [1.82, 2.24) is 0 Å². The molecule has 0 fully saturated rings. The quantitative estimate of drug-likeness (QED) is 0.701. The van der Waals surface area contributed by atoms with Crippen LogP contribution in [0, 0.1) is 13.8 Å². The summed E-state index contributed by atoms with van der Waals surface area (Å²) in [6.45, 7) is 11.6. The van der Waals surface area contributed by atoms with Gasteiger partial charge >= 0.3 is 0 Å². The SMILES string of the molecule is CCC(=O)C1=C(O)C(=O)N(c2cc(C)ccc2C)C1c1ccc(N(CC)CC)cc1. The van der Waals surface area contributed by atoms with Gasteiger partial charge in [-0.15, -0.1) is 0 Å². The molecule has 5 nitrogen and oxygen atoms in total. The monoisotopic (exact) mass is 406 g/mol. The number of rotatable bonds is 7. The Balaban J connectivity index is 2.15. The van der Waals surface area contributed by atoms with E-state index in [1.807, 2.05) is 56.3 Å². The summed E-state index contributed by atoms with van der Waals surface area (Å²) in [7, 11) is 0. The van der Waals surface area contributed by atoms with Crippen LogP contribution >= 0.6 is 0 Å². The summed E-state index contributed by atoms with van der Waals surface area (Å²) in [6.07, 6.45) is 0.224. The van der Waals surface area contributed by atoms with Gasteiger partial charge in [-0.2, -0.15) is 0 Å². The van der Waals surface area contributed by atoms with Crippen molar-refractivity contribution in [1.29, 1.82) is 0 Å². The first-order valence-electron chi connectivity index (χ1n) is 10.6. The molecule has 1 unspecified atom stereocenters. The lowest BCUT2D eigenvalue weighted by molar-refractivity contribution is -0.118. The van der Waals surface area contributed by atoms with Gasteiger partial charge < -0.3 is 10.0 Å². The first kappa shape index (κ1) is 21.6. The van der Waals surface area contributed by atoms with Gasteiger partial charge in [-0.3, -0.25) is 14.5 Å². The number of hydrogen-bond acceptors (Lipinski definition) is 4. The summed E-state index contributed by atoms with van der Waals surface area (Å²) in [6, 6.07) is 13.1. The molecule has 30 heavy (non-hydrogen) atoms. The van der Waals surface area contributed by atoms with E-state index in [-0.39, 0.29) is 17.8 Å². The number of carbonyl (C=O) groups excluding carboxylic acids is 2. The molecule has 0 spiro atoms. The number of Topliss-reactive ketones (excluding diaryl/α,β-unsaturated/α-hetero) is 1. The zero-order valence-corrected chi connectivity index (χ0v) is 18.4. The molecule has 1 N–H and O–H groups in total. The number of nitrogens with zero attached hydrogens (tertiary/aromatic N) is 2. The van der Waals surface area contributed by atoms with Crippen molar-refractivity contribution in [2.45, 2.75) is 47.1 Å². The van der Waals surface area contributed by atoms with Crippen LogP contribution in [0.4, 0.5) is 11.4 Å². The van der Waals surface area contributed by atoms with Gasteiger partial charge in [-0.25, -0.2) is 0 Å². The maximum Gasteiger partial charge on any atom is 0.294 e. The lowest BCUT2D eigenvalue weighted by atomic mass is 9.94. The van der Waals surface area contributed by atoms with E-state index in [0.717, 1.165) is 35.5 Å². The standard InChI is InChI=1S/C25H30N2O3/c1-6-21(28)22-23(18-11-13-19(14-12-18)26(7-2)8-3)27(25(30)24(22)29)20-15-16(4)9-10-17(20)5/h9-15,23,29H,6-8H2,1-5H3. The van der Waals surface area contributed by atoms with Crippen LogP contribution in [0.5, 0.6) is 0 Å². The van der Waals surface area contributed by atoms with Crippen LogP contribution in [0.2, 0.25) is 0 Å². The highest BCUT2D eigenvalue weighted by atomic mass is 16.3. The zero-order chi connectivity index (χ0) is 22.0. The molecule has 2 aromatic carbocycles. The molecular formula is C25H30N2O3. The minimum absolute atomic E-state index is 0.180. The number of ketones is 1. The average Bonchev–Trinajstić information content (AvgIpc) is 3.01. The number of benzene rings is 2. The molecule has 1 aliphatic rings. The Kier molecular flexibility index (Phi) is 6.30. The summed E-state index contributed by atoms with van der Waals surface area (Å²) in [5.74, 6) is -1.19. The van der Waals surface area contributed by atoms with Crippen molar-refractivity contribution < 1.29 is 14.7 Å². The van der Waals surface area contributed by atoms with Crippen molar-refractivity contribution in [2.75, 3.05) is 22.9 Å². The summed E-state index contributed by atoms with van der Waals surface area (Å²) < 4.78 is 0. The molecule has 0 saturated carbocycles. The second-order valence-corrected chi connectivity index (χ2v) is 7.67. The molecule has 1 amide bonds. The molecule has 158 valence electrons. The maximum atomic E-state index is 13.1. The molecule has 0 radical (unpaired) electrons. The Morgan fingerprint density at radius 2 is 1.67 bits per heavy atom. The highest BCUT2D eigenvalue weighted by Crippen LogP contribution is 2.42. The summed E-state index contributed by atoms with van der Waals surface area (Å²) in [4.78, 5) is 29.7. The number of carbonyl (C=O) groups is 2. The molecule has 2 aromatic rings. The van der Waals surface area contributed by atoms with Gasteiger partial charge in [0.25, 0.3) is 5.91 Å². The molecular weight excluding hydrogens is 376 g/mol. The molecule has 0 aliphatic carbocycles. The van der Waals surface area contributed by atoms with Crippen molar-refractivity contribution in [3.63, 3.8) is 0 Å². The van der Waals surface area contributed by atoms with Gasteiger partial charge in [0, 0.05) is 30.9 Å². The van der Waals surface area contributed by atoms with Crippen LogP contribution in [0.15, 0.2) is 53.8 Å². The van der Waals surface area contributed by atoms with Gasteiger partial charge in [0.05, 0.1) is 11.6 Å². The fourth-order valence-electron chi connectivity index (χ4n) is 4.08. The van der Waals surface area contributed by atoms with Crippen LogP contribution in [-0.2, 0) is 9.59 Å². The van der Waals surface area contributed by atoms with E-state index in [0.29, 0.717) is 5.69 Å². The third-order valence-corrected chi connectivity index (χ3v) is 5.79. The van der Waals surface area contributed by atoms with E-state index in [4.69, 9.17) is 0 Å². The van der Waals surface area contributed by atoms with Crippen molar-refractivity contribution >= 4 is 23.1 Å². The predicted molar refractivity (Wildman–Crippen MR) is 121 cm³/mol. The number of aliphatic hydroxyl groups is 1. The van der Waals surface area contributed by atoms with Gasteiger partial charge in [-0.1, -0.05) is 31.2 Å². The fourth-order valence-corrected chi connectivity index (χ4v) is 4.08.